The summed E-state index contributed by atoms with van der Waals surface area (Å²) in [7, 11) is 0. The first-order valence-corrected chi connectivity index (χ1v) is 5.06. The fourth-order valence-corrected chi connectivity index (χ4v) is 1.25. The van der Waals surface area contributed by atoms with E-state index in [1.165, 1.54) is 0 Å². The summed E-state index contributed by atoms with van der Waals surface area (Å²) in [5, 5.41) is 2.67. The minimum atomic E-state index is -0.569. The second kappa shape index (κ2) is 6.07. The number of halogens is 1. The molecule has 0 aromatic carbocycles. The first-order chi connectivity index (χ1) is 7.69. The second-order valence-electron chi connectivity index (χ2n) is 2.85. The number of aromatic nitrogens is 1. The van der Waals surface area contributed by atoms with Crippen LogP contribution >= 0.6 is 11.6 Å². The van der Waals surface area contributed by atoms with Crippen LogP contribution in [0.2, 0.25) is 5.02 Å². The molecule has 0 spiro atoms. The fourth-order valence-electron chi connectivity index (χ4n) is 1.07. The Morgan fingerprint density at radius 1 is 1.62 bits per heavy atom. The molecule has 0 aliphatic carbocycles. The molecule has 0 bridgehead atoms. The number of pyridine rings is 1. The molecule has 0 aliphatic heterocycles. The van der Waals surface area contributed by atoms with Gasteiger partial charge in [-0.05, 0) is 19.1 Å². The van der Waals surface area contributed by atoms with E-state index in [0.717, 1.165) is 0 Å². The fraction of sp³-hybridized carbons (Fsp3) is 0.300. The molecule has 1 heterocycles. The molecule has 86 valence electrons. The van der Waals surface area contributed by atoms with Crippen LogP contribution in [0.5, 0.6) is 0 Å². The van der Waals surface area contributed by atoms with Crippen molar-refractivity contribution in [1.82, 2.24) is 10.3 Å². The van der Waals surface area contributed by atoms with Gasteiger partial charge in [-0.15, -0.1) is 0 Å². The molecule has 0 saturated heterocycles. The number of hydrogen-bond donors (Lipinski definition) is 1. The zero-order chi connectivity index (χ0) is 12.0. The van der Waals surface area contributed by atoms with Crippen LogP contribution in [-0.4, -0.2) is 24.0 Å². The molecule has 5 nitrogen and oxygen atoms in total. The highest BCUT2D eigenvalue weighted by Crippen LogP contribution is 2.15. The van der Waals surface area contributed by atoms with Gasteiger partial charge in [-0.3, -0.25) is 4.79 Å². The quantitative estimate of drug-likeness (QED) is 0.621. The Morgan fingerprint density at radius 3 is 3.00 bits per heavy atom. The van der Waals surface area contributed by atoms with Gasteiger partial charge in [0, 0.05) is 0 Å². The number of nitrogens with zero attached hydrogens (tertiary/aromatic N) is 1. The highest BCUT2D eigenvalue weighted by molar-refractivity contribution is 6.33. The zero-order valence-corrected chi connectivity index (χ0v) is 9.45. The number of amides is 1. The predicted molar refractivity (Wildman–Crippen MR) is 58.1 cm³/mol. The first-order valence-electron chi connectivity index (χ1n) is 4.68. The van der Waals surface area contributed by atoms with Gasteiger partial charge >= 0.3 is 5.97 Å². The van der Waals surface area contributed by atoms with Crippen LogP contribution in [0.15, 0.2) is 12.1 Å². The maximum Gasteiger partial charge on any atom is 0.358 e. The number of carbonyl (C=O) groups is 2. The standard InChI is InChI=1S/C10H11ClN2O3/c1-2-16-10(15)9-8(11)4-3-7(13-9)5-12-6-14/h3-4,6H,2,5H2,1H3,(H,12,14). The summed E-state index contributed by atoms with van der Waals surface area (Å²) in [6.07, 6.45) is 0.556. The summed E-state index contributed by atoms with van der Waals surface area (Å²) >= 11 is 5.81. The summed E-state index contributed by atoms with van der Waals surface area (Å²) in [5.74, 6) is -0.569. The number of esters is 1. The van der Waals surface area contributed by atoms with E-state index in [4.69, 9.17) is 16.3 Å². The summed E-state index contributed by atoms with van der Waals surface area (Å²) in [5.41, 5.74) is 0.605. The number of nitrogens with one attached hydrogen (secondary N) is 1. The van der Waals surface area contributed by atoms with E-state index in [9.17, 15) is 9.59 Å². The van der Waals surface area contributed by atoms with E-state index in [1.807, 2.05) is 0 Å². The van der Waals surface area contributed by atoms with Crippen LogP contribution in [0.4, 0.5) is 0 Å². The van der Waals surface area contributed by atoms with Gasteiger partial charge in [0.2, 0.25) is 6.41 Å². The molecule has 0 aliphatic rings. The van der Waals surface area contributed by atoms with Crippen LogP contribution in [0, 0.1) is 0 Å². The lowest BCUT2D eigenvalue weighted by atomic mass is 10.3. The third-order valence-electron chi connectivity index (χ3n) is 1.74. The molecule has 0 saturated carbocycles. The summed E-state index contributed by atoms with van der Waals surface area (Å²) in [4.78, 5) is 25.5. The average Bonchev–Trinajstić information content (AvgIpc) is 2.28. The smallest absolute Gasteiger partial charge is 0.358 e. The zero-order valence-electron chi connectivity index (χ0n) is 8.70. The number of ether oxygens (including phenoxy) is 1. The van der Waals surface area contributed by atoms with E-state index in [-0.39, 0.29) is 23.9 Å². The van der Waals surface area contributed by atoms with Crippen molar-refractivity contribution < 1.29 is 14.3 Å². The molecule has 1 amide bonds. The SMILES string of the molecule is CCOC(=O)c1nc(CNC=O)ccc1Cl. The summed E-state index contributed by atoms with van der Waals surface area (Å²) in [6, 6.07) is 3.17. The van der Waals surface area contributed by atoms with Gasteiger partial charge in [0.1, 0.15) is 0 Å². The maximum atomic E-state index is 11.4. The van der Waals surface area contributed by atoms with Crippen molar-refractivity contribution in [2.45, 2.75) is 13.5 Å². The van der Waals surface area contributed by atoms with Crippen molar-refractivity contribution in [3.63, 3.8) is 0 Å². The number of rotatable bonds is 5. The summed E-state index contributed by atoms with van der Waals surface area (Å²) < 4.78 is 4.79. The molecule has 1 aromatic rings. The van der Waals surface area contributed by atoms with Crippen molar-refractivity contribution in [2.75, 3.05) is 6.61 Å². The Kier molecular flexibility index (Phi) is 4.72. The van der Waals surface area contributed by atoms with Crippen LogP contribution < -0.4 is 5.32 Å². The monoisotopic (exact) mass is 242 g/mol. The lowest BCUT2D eigenvalue weighted by molar-refractivity contribution is -0.109. The second-order valence-corrected chi connectivity index (χ2v) is 3.26. The number of carbonyl (C=O) groups excluding carboxylic acids is 2. The van der Waals surface area contributed by atoms with Crippen molar-refractivity contribution >= 4 is 24.0 Å². The third kappa shape index (κ3) is 3.20. The van der Waals surface area contributed by atoms with Crippen molar-refractivity contribution in [3.8, 4) is 0 Å². The minimum Gasteiger partial charge on any atom is -0.461 e. The van der Waals surface area contributed by atoms with Gasteiger partial charge in [-0.1, -0.05) is 11.6 Å². The van der Waals surface area contributed by atoms with Crippen LogP contribution in [0.25, 0.3) is 0 Å². The molecule has 0 fully saturated rings. The Morgan fingerprint density at radius 2 is 2.38 bits per heavy atom. The molecular weight excluding hydrogens is 232 g/mol. The molecule has 0 radical (unpaired) electrons. The average molecular weight is 243 g/mol. The number of hydrogen-bond acceptors (Lipinski definition) is 4. The molecule has 1 rings (SSSR count). The van der Waals surface area contributed by atoms with Crippen molar-refractivity contribution in [1.29, 1.82) is 0 Å². The highest BCUT2D eigenvalue weighted by atomic mass is 35.5. The van der Waals surface area contributed by atoms with Gasteiger partial charge in [0.15, 0.2) is 5.69 Å². The molecule has 6 heteroatoms. The summed E-state index contributed by atoms with van der Waals surface area (Å²) in [6.45, 7) is 2.20. The lowest BCUT2D eigenvalue weighted by Crippen LogP contribution is -2.14. The lowest BCUT2D eigenvalue weighted by Gasteiger charge is -2.05. The predicted octanol–water partition coefficient (Wildman–Crippen LogP) is 1.16. The van der Waals surface area contributed by atoms with Gasteiger partial charge in [0.25, 0.3) is 0 Å². The van der Waals surface area contributed by atoms with Gasteiger partial charge in [0.05, 0.1) is 23.9 Å². The Hall–Kier alpha value is -1.62. The van der Waals surface area contributed by atoms with Gasteiger partial charge in [-0.25, -0.2) is 9.78 Å². The molecule has 16 heavy (non-hydrogen) atoms. The van der Waals surface area contributed by atoms with E-state index in [0.29, 0.717) is 12.1 Å². The molecule has 1 N–H and O–H groups in total. The van der Waals surface area contributed by atoms with Crippen molar-refractivity contribution in [2.24, 2.45) is 0 Å². The van der Waals surface area contributed by atoms with Crippen LogP contribution in [0.1, 0.15) is 23.1 Å². The van der Waals surface area contributed by atoms with E-state index >= 15 is 0 Å². The third-order valence-corrected chi connectivity index (χ3v) is 2.04. The van der Waals surface area contributed by atoms with Crippen LogP contribution in [-0.2, 0) is 16.1 Å². The normalized spacial score (nSPS) is 9.62. The minimum absolute atomic E-state index is 0.0636. The molecular formula is C10H11ClN2O3. The van der Waals surface area contributed by atoms with E-state index < -0.39 is 5.97 Å². The Balaban J connectivity index is 2.89. The van der Waals surface area contributed by atoms with Gasteiger partial charge in [-0.2, -0.15) is 0 Å². The molecule has 0 unspecified atom stereocenters. The highest BCUT2D eigenvalue weighted by Gasteiger charge is 2.13. The topological polar surface area (TPSA) is 68.3 Å². The largest absolute Gasteiger partial charge is 0.461 e. The van der Waals surface area contributed by atoms with Gasteiger partial charge < -0.3 is 10.1 Å². The Bertz CT molecular complexity index is 396. The van der Waals surface area contributed by atoms with E-state index in [2.05, 4.69) is 10.3 Å². The van der Waals surface area contributed by atoms with Crippen molar-refractivity contribution in [3.05, 3.63) is 28.5 Å². The molecule has 0 atom stereocenters. The Labute approximate surface area is 97.8 Å². The maximum absolute atomic E-state index is 11.4. The molecule has 1 aromatic heterocycles. The van der Waals surface area contributed by atoms with E-state index in [1.54, 1.807) is 19.1 Å². The van der Waals surface area contributed by atoms with Crippen LogP contribution in [0.3, 0.4) is 0 Å². The first kappa shape index (κ1) is 12.4.